The number of hydrogen-bond acceptors (Lipinski definition) is 5. The Bertz CT molecular complexity index is 684. The van der Waals surface area contributed by atoms with Gasteiger partial charge in [0.1, 0.15) is 12.4 Å². The minimum Gasteiger partial charge on any atom is -0.492 e. The Labute approximate surface area is 187 Å². The van der Waals surface area contributed by atoms with Gasteiger partial charge in [-0.3, -0.25) is 9.89 Å². The number of guanidine groups is 1. The summed E-state index contributed by atoms with van der Waals surface area (Å²) >= 11 is 0. The first-order valence-electron chi connectivity index (χ1n) is 9.28. The van der Waals surface area contributed by atoms with Crippen LogP contribution >= 0.6 is 24.0 Å². The third-order valence-electron chi connectivity index (χ3n) is 4.13. The van der Waals surface area contributed by atoms with E-state index in [1.54, 1.807) is 31.3 Å². The topological polar surface area (TPSA) is 83.0 Å². The van der Waals surface area contributed by atoms with Crippen molar-refractivity contribution >= 4 is 39.8 Å². The van der Waals surface area contributed by atoms with Crippen molar-refractivity contribution in [3.63, 3.8) is 0 Å². The molecule has 1 aromatic carbocycles. The van der Waals surface area contributed by atoms with Crippen molar-refractivity contribution in [2.24, 2.45) is 4.99 Å². The van der Waals surface area contributed by atoms with Gasteiger partial charge >= 0.3 is 0 Å². The lowest BCUT2D eigenvalue weighted by Crippen LogP contribution is -2.45. The van der Waals surface area contributed by atoms with E-state index in [2.05, 4.69) is 48.2 Å². The van der Waals surface area contributed by atoms with Crippen LogP contribution in [0.25, 0.3) is 0 Å². The molecule has 0 aliphatic rings. The molecule has 28 heavy (non-hydrogen) atoms. The Hall–Kier alpha value is -1.07. The minimum absolute atomic E-state index is 0. The van der Waals surface area contributed by atoms with E-state index in [4.69, 9.17) is 4.74 Å². The molecule has 0 saturated carbocycles. The highest BCUT2D eigenvalue weighted by molar-refractivity contribution is 14.0. The number of sulfone groups is 1. The molecule has 0 saturated heterocycles. The normalized spacial score (nSPS) is 12.2. The maximum atomic E-state index is 11.4. The summed E-state index contributed by atoms with van der Waals surface area (Å²) in [6.45, 7) is 11.6. The Balaban J connectivity index is 0.00000729. The molecule has 0 radical (unpaired) electrons. The van der Waals surface area contributed by atoms with Gasteiger partial charge in [0.05, 0.1) is 11.4 Å². The summed E-state index contributed by atoms with van der Waals surface area (Å²) in [5.74, 6) is 1.37. The molecular formula is C19H35IN4O3S. The summed E-state index contributed by atoms with van der Waals surface area (Å²) in [6.07, 6.45) is 1.19. The van der Waals surface area contributed by atoms with Crippen molar-refractivity contribution < 1.29 is 13.2 Å². The molecule has 0 heterocycles. The van der Waals surface area contributed by atoms with Crippen molar-refractivity contribution in [1.29, 1.82) is 0 Å². The molecule has 1 rings (SSSR count). The van der Waals surface area contributed by atoms with Crippen LogP contribution < -0.4 is 15.4 Å². The van der Waals surface area contributed by atoms with Crippen LogP contribution in [0.2, 0.25) is 0 Å². The van der Waals surface area contributed by atoms with E-state index in [9.17, 15) is 8.42 Å². The van der Waals surface area contributed by atoms with Crippen molar-refractivity contribution in [2.45, 2.75) is 44.7 Å². The largest absolute Gasteiger partial charge is 0.492 e. The number of hydrogen-bond donors (Lipinski definition) is 2. The maximum absolute atomic E-state index is 11.4. The van der Waals surface area contributed by atoms with Gasteiger partial charge in [0.2, 0.25) is 0 Å². The van der Waals surface area contributed by atoms with Crippen molar-refractivity contribution in [2.75, 3.05) is 39.5 Å². The molecule has 0 aliphatic carbocycles. The minimum atomic E-state index is -3.18. The molecule has 1 aromatic rings. The summed E-state index contributed by atoms with van der Waals surface area (Å²) in [6, 6.07) is 7.43. The first-order valence-corrected chi connectivity index (χ1v) is 11.2. The van der Waals surface area contributed by atoms with E-state index in [0.29, 0.717) is 31.0 Å². The number of aliphatic imine (C=N–C) groups is 1. The molecule has 0 bridgehead atoms. The third-order valence-corrected chi connectivity index (χ3v) is 5.26. The highest BCUT2D eigenvalue weighted by atomic mass is 127. The van der Waals surface area contributed by atoms with E-state index < -0.39 is 9.84 Å². The van der Waals surface area contributed by atoms with E-state index in [-0.39, 0.29) is 28.9 Å². The molecule has 0 atom stereocenters. The summed E-state index contributed by atoms with van der Waals surface area (Å²) in [4.78, 5) is 6.92. The second-order valence-electron chi connectivity index (χ2n) is 6.94. The molecule has 0 aliphatic heterocycles. The van der Waals surface area contributed by atoms with Gasteiger partial charge in [0, 0.05) is 38.5 Å². The number of nitrogens with one attached hydrogen (secondary N) is 2. The fourth-order valence-corrected chi connectivity index (χ4v) is 3.39. The predicted molar refractivity (Wildman–Crippen MR) is 127 cm³/mol. The summed E-state index contributed by atoms with van der Waals surface area (Å²) in [7, 11) is -1.44. The zero-order valence-corrected chi connectivity index (χ0v) is 20.9. The van der Waals surface area contributed by atoms with Crippen molar-refractivity contribution in [3.8, 4) is 5.75 Å². The van der Waals surface area contributed by atoms with Gasteiger partial charge in [-0.1, -0.05) is 0 Å². The fraction of sp³-hybridized carbons (Fsp3) is 0.632. The zero-order chi connectivity index (χ0) is 20.4. The summed E-state index contributed by atoms with van der Waals surface area (Å²) in [5.41, 5.74) is 0. The predicted octanol–water partition coefficient (Wildman–Crippen LogP) is 2.37. The molecule has 0 amide bonds. The Morgan fingerprint density at radius 1 is 1.07 bits per heavy atom. The second kappa shape index (κ2) is 13.2. The van der Waals surface area contributed by atoms with Crippen LogP contribution in [0.15, 0.2) is 34.2 Å². The molecular weight excluding hydrogens is 491 g/mol. The average Bonchev–Trinajstić information content (AvgIpc) is 2.59. The smallest absolute Gasteiger partial charge is 0.191 e. The fourth-order valence-electron chi connectivity index (χ4n) is 2.76. The van der Waals surface area contributed by atoms with E-state index >= 15 is 0 Å². The second-order valence-corrected chi connectivity index (χ2v) is 8.96. The van der Waals surface area contributed by atoms with Crippen LogP contribution in [0.3, 0.4) is 0 Å². The van der Waals surface area contributed by atoms with Gasteiger partial charge in [0.25, 0.3) is 0 Å². The van der Waals surface area contributed by atoms with Crippen LogP contribution in [-0.4, -0.2) is 70.9 Å². The van der Waals surface area contributed by atoms with Crippen molar-refractivity contribution in [1.82, 2.24) is 15.5 Å². The quantitative estimate of drug-likeness (QED) is 0.211. The van der Waals surface area contributed by atoms with Gasteiger partial charge in [-0.05, 0) is 52.0 Å². The van der Waals surface area contributed by atoms with Gasteiger partial charge < -0.3 is 15.4 Å². The molecule has 0 fully saturated rings. The average molecular weight is 526 g/mol. The van der Waals surface area contributed by atoms with Gasteiger partial charge in [0.15, 0.2) is 15.8 Å². The molecule has 0 unspecified atom stereocenters. The lowest BCUT2D eigenvalue weighted by molar-refractivity contribution is 0.178. The summed E-state index contributed by atoms with van der Waals surface area (Å²) in [5, 5.41) is 6.51. The SMILES string of the molecule is CN=C(NCCOc1ccc(S(C)(=O)=O)cc1)NCCN(C(C)C)C(C)C.I. The number of nitrogens with zero attached hydrogens (tertiary/aromatic N) is 2. The highest BCUT2D eigenvalue weighted by Gasteiger charge is 2.12. The molecule has 7 nitrogen and oxygen atoms in total. The van der Waals surface area contributed by atoms with Crippen LogP contribution in [0.5, 0.6) is 5.75 Å². The van der Waals surface area contributed by atoms with Gasteiger partial charge in [-0.2, -0.15) is 0 Å². The van der Waals surface area contributed by atoms with E-state index in [1.807, 2.05) is 0 Å². The van der Waals surface area contributed by atoms with Crippen LogP contribution in [0.1, 0.15) is 27.7 Å². The van der Waals surface area contributed by atoms with Crippen LogP contribution in [0, 0.1) is 0 Å². The maximum Gasteiger partial charge on any atom is 0.191 e. The zero-order valence-electron chi connectivity index (χ0n) is 17.7. The number of ether oxygens (including phenoxy) is 1. The molecule has 2 N–H and O–H groups in total. The molecule has 0 aromatic heterocycles. The molecule has 162 valence electrons. The third kappa shape index (κ3) is 9.92. The van der Waals surface area contributed by atoms with Crippen LogP contribution in [0.4, 0.5) is 0 Å². The lowest BCUT2D eigenvalue weighted by atomic mass is 10.2. The van der Waals surface area contributed by atoms with E-state index in [0.717, 1.165) is 19.0 Å². The van der Waals surface area contributed by atoms with E-state index in [1.165, 1.54) is 6.26 Å². The number of rotatable bonds is 10. The first kappa shape index (κ1) is 26.9. The highest BCUT2D eigenvalue weighted by Crippen LogP contribution is 2.15. The van der Waals surface area contributed by atoms with Crippen LogP contribution in [-0.2, 0) is 9.84 Å². The molecule has 9 heteroatoms. The van der Waals surface area contributed by atoms with Gasteiger partial charge in [-0.25, -0.2) is 8.42 Å². The summed E-state index contributed by atoms with van der Waals surface area (Å²) < 4.78 is 28.5. The number of benzene rings is 1. The Morgan fingerprint density at radius 2 is 1.61 bits per heavy atom. The standard InChI is InChI=1S/C19H34N4O3S.HI/c1-15(2)23(16(3)4)13-11-21-19(20-5)22-12-14-26-17-7-9-18(10-8-17)27(6,24)25;/h7-10,15-16H,11-14H2,1-6H3,(H2,20,21,22);1H. The Morgan fingerprint density at radius 3 is 2.07 bits per heavy atom. The first-order chi connectivity index (χ1) is 12.6. The van der Waals surface area contributed by atoms with Gasteiger partial charge in [-0.15, -0.1) is 24.0 Å². The lowest BCUT2D eigenvalue weighted by Gasteiger charge is -2.30. The monoisotopic (exact) mass is 526 g/mol. The molecule has 0 spiro atoms. The van der Waals surface area contributed by atoms with Crippen molar-refractivity contribution in [3.05, 3.63) is 24.3 Å². The Kier molecular flexibility index (Phi) is 12.7. The number of halogens is 1.